The van der Waals surface area contributed by atoms with Crippen molar-refractivity contribution in [3.63, 3.8) is 0 Å². The molecule has 2 aromatic carbocycles. The lowest BCUT2D eigenvalue weighted by Gasteiger charge is -2.15. The first-order chi connectivity index (χ1) is 10.5. The molecule has 0 heterocycles. The zero-order valence-corrected chi connectivity index (χ0v) is 14.6. The number of carbonyl (C=O) groups excluding carboxylic acids is 1. The van der Waals surface area contributed by atoms with Crippen molar-refractivity contribution in [1.29, 1.82) is 0 Å². The van der Waals surface area contributed by atoms with E-state index < -0.39 is 0 Å². The van der Waals surface area contributed by atoms with E-state index in [1.165, 1.54) is 0 Å². The summed E-state index contributed by atoms with van der Waals surface area (Å²) >= 11 is 3.40. The summed E-state index contributed by atoms with van der Waals surface area (Å²) in [6.45, 7) is 6.63. The number of hydrogen-bond donors (Lipinski definition) is 1. The molecule has 0 aliphatic rings. The van der Waals surface area contributed by atoms with Crippen LogP contribution >= 0.6 is 15.9 Å². The predicted octanol–water partition coefficient (Wildman–Crippen LogP) is 5.22. The van der Waals surface area contributed by atoms with Crippen LogP contribution in [0.4, 0.5) is 5.69 Å². The highest BCUT2D eigenvalue weighted by atomic mass is 79.9. The summed E-state index contributed by atoms with van der Waals surface area (Å²) in [5.74, 6) is 0.758. The molecule has 0 saturated carbocycles. The van der Waals surface area contributed by atoms with E-state index >= 15 is 0 Å². The molecule has 0 saturated heterocycles. The van der Waals surface area contributed by atoms with Crippen LogP contribution in [0.25, 0.3) is 0 Å². The van der Waals surface area contributed by atoms with Gasteiger partial charge in [-0.25, -0.2) is 0 Å². The Morgan fingerprint density at radius 3 is 2.64 bits per heavy atom. The number of hydrogen-bond acceptors (Lipinski definition) is 2. The van der Waals surface area contributed by atoms with Crippen LogP contribution in [-0.2, 0) is 0 Å². The topological polar surface area (TPSA) is 38.3 Å². The molecule has 1 amide bonds. The molecule has 0 bridgehead atoms. The number of para-hydroxylation sites is 1. The van der Waals surface area contributed by atoms with Gasteiger partial charge in [0.2, 0.25) is 0 Å². The van der Waals surface area contributed by atoms with Crippen molar-refractivity contribution in [1.82, 2.24) is 0 Å². The zero-order chi connectivity index (χ0) is 16.1. The van der Waals surface area contributed by atoms with E-state index in [-0.39, 0.29) is 5.91 Å². The monoisotopic (exact) mass is 361 g/mol. The molecule has 116 valence electrons. The minimum atomic E-state index is -0.169. The molecule has 0 radical (unpaired) electrons. The Bertz CT molecular complexity index is 668. The molecular formula is C18H20BrNO2. The highest BCUT2D eigenvalue weighted by molar-refractivity contribution is 9.10. The second-order valence-electron chi connectivity index (χ2n) is 5.27. The summed E-state index contributed by atoms with van der Waals surface area (Å²) in [4.78, 5) is 12.6. The number of halogens is 1. The Morgan fingerprint density at radius 1 is 1.23 bits per heavy atom. The Balaban J connectivity index is 2.32. The largest absolute Gasteiger partial charge is 0.493 e. The van der Waals surface area contributed by atoms with Crippen LogP contribution in [-0.4, -0.2) is 12.5 Å². The minimum Gasteiger partial charge on any atom is -0.493 e. The molecule has 4 heteroatoms. The number of amides is 1. The van der Waals surface area contributed by atoms with E-state index in [0.717, 1.165) is 15.7 Å². The minimum absolute atomic E-state index is 0.169. The third-order valence-electron chi connectivity index (χ3n) is 3.32. The molecule has 2 rings (SSSR count). The molecule has 0 aliphatic heterocycles. The van der Waals surface area contributed by atoms with E-state index in [9.17, 15) is 4.79 Å². The number of carbonyl (C=O) groups is 1. The van der Waals surface area contributed by atoms with Crippen molar-refractivity contribution in [2.24, 2.45) is 0 Å². The summed E-state index contributed by atoms with van der Waals surface area (Å²) in [5, 5.41) is 2.99. The van der Waals surface area contributed by atoms with Crippen LogP contribution in [0.5, 0.6) is 5.75 Å². The van der Waals surface area contributed by atoms with Gasteiger partial charge in [0, 0.05) is 10.2 Å². The van der Waals surface area contributed by atoms with E-state index in [2.05, 4.69) is 35.1 Å². The van der Waals surface area contributed by atoms with Crippen molar-refractivity contribution in [2.45, 2.75) is 26.7 Å². The highest BCUT2D eigenvalue weighted by Crippen LogP contribution is 2.27. The lowest BCUT2D eigenvalue weighted by molar-refractivity contribution is 0.102. The van der Waals surface area contributed by atoms with E-state index in [0.29, 0.717) is 23.8 Å². The lowest BCUT2D eigenvalue weighted by atomic mass is 10.0. The molecule has 22 heavy (non-hydrogen) atoms. The molecule has 0 aliphatic carbocycles. The van der Waals surface area contributed by atoms with Gasteiger partial charge in [0.1, 0.15) is 5.75 Å². The Kier molecular flexibility index (Phi) is 5.61. The average Bonchev–Trinajstić information content (AvgIpc) is 2.49. The third kappa shape index (κ3) is 3.89. The molecule has 1 N–H and O–H groups in total. The summed E-state index contributed by atoms with van der Waals surface area (Å²) in [6.07, 6.45) is 0. The summed E-state index contributed by atoms with van der Waals surface area (Å²) in [5.41, 5.74) is 2.48. The van der Waals surface area contributed by atoms with Crippen LogP contribution in [0.3, 0.4) is 0 Å². The van der Waals surface area contributed by atoms with Gasteiger partial charge in [-0.2, -0.15) is 0 Å². The smallest absolute Gasteiger partial charge is 0.259 e. The quantitative estimate of drug-likeness (QED) is 0.792. The molecular weight excluding hydrogens is 342 g/mol. The van der Waals surface area contributed by atoms with Crippen LogP contribution in [0, 0.1) is 0 Å². The fraction of sp³-hybridized carbons (Fsp3) is 0.278. The van der Waals surface area contributed by atoms with E-state index in [4.69, 9.17) is 4.74 Å². The Hall–Kier alpha value is -1.81. The maximum Gasteiger partial charge on any atom is 0.259 e. The van der Waals surface area contributed by atoms with Crippen LogP contribution in [0.15, 0.2) is 46.9 Å². The van der Waals surface area contributed by atoms with Crippen LogP contribution in [0.2, 0.25) is 0 Å². The molecule has 0 unspecified atom stereocenters. The maximum atomic E-state index is 12.6. The fourth-order valence-corrected chi connectivity index (χ4v) is 2.63. The molecule has 2 aromatic rings. The van der Waals surface area contributed by atoms with Gasteiger partial charge in [0.15, 0.2) is 0 Å². The van der Waals surface area contributed by atoms with Gasteiger partial charge in [0.05, 0.1) is 12.2 Å². The SMILES string of the molecule is CCOc1ccc(Br)cc1C(=O)Nc1ccccc1C(C)C. The lowest BCUT2D eigenvalue weighted by Crippen LogP contribution is -2.15. The van der Waals surface area contributed by atoms with Gasteiger partial charge in [-0.3, -0.25) is 4.79 Å². The van der Waals surface area contributed by atoms with Gasteiger partial charge < -0.3 is 10.1 Å². The summed E-state index contributed by atoms with van der Waals surface area (Å²) in [7, 11) is 0. The number of nitrogens with one attached hydrogen (secondary N) is 1. The second-order valence-corrected chi connectivity index (χ2v) is 6.19. The van der Waals surface area contributed by atoms with Crippen LogP contribution in [0.1, 0.15) is 42.6 Å². The molecule has 3 nitrogen and oxygen atoms in total. The van der Waals surface area contributed by atoms with Gasteiger partial charge in [-0.1, -0.05) is 48.0 Å². The van der Waals surface area contributed by atoms with Crippen molar-refractivity contribution < 1.29 is 9.53 Å². The first kappa shape index (κ1) is 16.6. The van der Waals surface area contributed by atoms with E-state index in [1.807, 2.05) is 37.3 Å². The zero-order valence-electron chi connectivity index (χ0n) is 13.0. The third-order valence-corrected chi connectivity index (χ3v) is 3.81. The number of benzene rings is 2. The molecule has 0 aromatic heterocycles. The summed E-state index contributed by atoms with van der Waals surface area (Å²) in [6, 6.07) is 13.3. The maximum absolute atomic E-state index is 12.6. The molecule has 0 atom stereocenters. The van der Waals surface area contributed by atoms with E-state index in [1.54, 1.807) is 12.1 Å². The second kappa shape index (κ2) is 7.45. The van der Waals surface area contributed by atoms with Gasteiger partial charge in [0.25, 0.3) is 5.91 Å². The van der Waals surface area contributed by atoms with Crippen molar-refractivity contribution >= 4 is 27.5 Å². The highest BCUT2D eigenvalue weighted by Gasteiger charge is 2.15. The summed E-state index contributed by atoms with van der Waals surface area (Å²) < 4.78 is 6.39. The number of rotatable bonds is 5. The Morgan fingerprint density at radius 2 is 1.95 bits per heavy atom. The van der Waals surface area contributed by atoms with Crippen molar-refractivity contribution in [3.8, 4) is 5.75 Å². The van der Waals surface area contributed by atoms with Gasteiger partial charge in [-0.05, 0) is 42.7 Å². The van der Waals surface area contributed by atoms with Crippen LogP contribution < -0.4 is 10.1 Å². The first-order valence-electron chi connectivity index (χ1n) is 7.35. The Labute approximate surface area is 139 Å². The fourth-order valence-electron chi connectivity index (χ4n) is 2.26. The first-order valence-corrected chi connectivity index (χ1v) is 8.14. The van der Waals surface area contributed by atoms with Gasteiger partial charge in [-0.15, -0.1) is 0 Å². The van der Waals surface area contributed by atoms with Gasteiger partial charge >= 0.3 is 0 Å². The molecule has 0 fully saturated rings. The van der Waals surface area contributed by atoms with Crippen molar-refractivity contribution in [3.05, 3.63) is 58.1 Å². The number of ether oxygens (including phenoxy) is 1. The average molecular weight is 362 g/mol. The standard InChI is InChI=1S/C18H20BrNO2/c1-4-22-17-10-9-13(19)11-15(17)18(21)20-16-8-6-5-7-14(16)12(2)3/h5-12H,4H2,1-3H3,(H,20,21). The molecule has 0 spiro atoms. The van der Waals surface area contributed by atoms with Crippen molar-refractivity contribution in [2.75, 3.05) is 11.9 Å². The number of anilines is 1. The predicted molar refractivity (Wildman–Crippen MR) is 93.8 cm³/mol. The normalized spacial score (nSPS) is 10.6.